The number of hydrogen-bond acceptors (Lipinski definition) is 7. The average molecular weight is 508 g/mol. The molecular weight excluding hydrogens is 478 g/mol. The van der Waals surface area contributed by atoms with Gasteiger partial charge in [-0.05, 0) is 61.9 Å². The van der Waals surface area contributed by atoms with E-state index in [1.165, 1.54) is 43.3 Å². The minimum atomic E-state index is -1.42. The number of benzene rings is 2. The number of nitrogens with zero attached hydrogens (tertiary/aromatic N) is 1. The standard InChI is InChI=1S/C27H29N3O7/c1-4-14-30(22(26(33)34)16-23(31)36-5-2)25(32)17(3)15-18-6-8-20(9-7-18)27(35)37-21-12-10-19(11-13-21)24(28)29/h4,6-13,15,22H,1,5,14,16H2,2-3H3,(H3,28,29)(H,33,34)/t22-/m0/s1. The van der Waals surface area contributed by atoms with E-state index in [1.54, 1.807) is 31.2 Å². The van der Waals surface area contributed by atoms with Crippen LogP contribution in [0.3, 0.4) is 0 Å². The summed E-state index contributed by atoms with van der Waals surface area (Å²) in [5.74, 6) is -3.06. The van der Waals surface area contributed by atoms with Crippen LogP contribution in [0.5, 0.6) is 5.75 Å². The Hall–Kier alpha value is -4.73. The molecule has 0 saturated heterocycles. The lowest BCUT2D eigenvalue weighted by Crippen LogP contribution is -2.46. The first-order valence-electron chi connectivity index (χ1n) is 11.3. The highest BCUT2D eigenvalue weighted by atomic mass is 16.5. The molecule has 0 unspecified atom stereocenters. The molecule has 0 aliphatic heterocycles. The number of nitrogen functional groups attached to an aromatic ring is 1. The van der Waals surface area contributed by atoms with Crippen LogP contribution in [0.15, 0.2) is 66.8 Å². The summed E-state index contributed by atoms with van der Waals surface area (Å²) in [6.45, 7) is 6.70. The Labute approximate surface area is 214 Å². The molecule has 0 fully saturated rings. The number of carboxylic acid groups (broad SMARTS) is 1. The molecule has 10 heteroatoms. The lowest BCUT2D eigenvalue weighted by atomic mass is 10.1. The first-order valence-corrected chi connectivity index (χ1v) is 11.3. The molecule has 0 bridgehead atoms. The van der Waals surface area contributed by atoms with E-state index in [2.05, 4.69) is 6.58 Å². The highest BCUT2D eigenvalue weighted by molar-refractivity contribution is 6.00. The van der Waals surface area contributed by atoms with Gasteiger partial charge in [-0.1, -0.05) is 18.2 Å². The molecule has 0 spiro atoms. The van der Waals surface area contributed by atoms with Gasteiger partial charge in [-0.3, -0.25) is 15.0 Å². The van der Waals surface area contributed by atoms with Crippen LogP contribution in [0.25, 0.3) is 6.08 Å². The number of amides is 1. The Morgan fingerprint density at radius 3 is 2.19 bits per heavy atom. The number of amidine groups is 1. The van der Waals surface area contributed by atoms with Crippen LogP contribution < -0.4 is 10.5 Å². The van der Waals surface area contributed by atoms with Gasteiger partial charge in [0.1, 0.15) is 17.6 Å². The van der Waals surface area contributed by atoms with Crippen LogP contribution in [0.4, 0.5) is 0 Å². The van der Waals surface area contributed by atoms with E-state index in [0.29, 0.717) is 16.9 Å². The number of nitrogens with two attached hydrogens (primary N) is 1. The fourth-order valence-electron chi connectivity index (χ4n) is 3.32. The maximum atomic E-state index is 13.1. The van der Waals surface area contributed by atoms with Gasteiger partial charge in [0.05, 0.1) is 18.6 Å². The van der Waals surface area contributed by atoms with E-state index in [9.17, 15) is 24.3 Å². The molecule has 1 atom stereocenters. The van der Waals surface area contributed by atoms with Crippen LogP contribution in [0, 0.1) is 5.41 Å². The number of carbonyl (C=O) groups is 4. The number of carbonyl (C=O) groups excluding carboxylic acids is 3. The summed E-state index contributed by atoms with van der Waals surface area (Å²) in [4.78, 5) is 50.2. The topological polar surface area (TPSA) is 160 Å². The lowest BCUT2D eigenvalue weighted by Gasteiger charge is -2.27. The molecule has 194 valence electrons. The number of aliphatic carboxylic acids is 1. The third-order valence-corrected chi connectivity index (χ3v) is 5.16. The van der Waals surface area contributed by atoms with Crippen LogP contribution >= 0.6 is 0 Å². The quantitative estimate of drug-likeness (QED) is 0.0987. The Kier molecular flexibility index (Phi) is 10.3. The number of nitrogens with one attached hydrogen (secondary N) is 1. The van der Waals surface area contributed by atoms with Crippen molar-refractivity contribution in [1.82, 2.24) is 4.90 Å². The number of ether oxygens (including phenoxy) is 2. The van der Waals surface area contributed by atoms with Crippen LogP contribution in [0.2, 0.25) is 0 Å². The SMILES string of the molecule is C=CCN(C(=O)C(C)=Cc1ccc(C(=O)Oc2ccc(C(=N)N)cc2)cc1)[C@@H](CC(=O)OCC)C(=O)O. The third-order valence-electron chi connectivity index (χ3n) is 5.16. The monoisotopic (exact) mass is 507 g/mol. The van der Waals surface area contributed by atoms with Gasteiger partial charge in [-0.25, -0.2) is 9.59 Å². The van der Waals surface area contributed by atoms with Gasteiger partial charge in [0.15, 0.2) is 0 Å². The zero-order chi connectivity index (χ0) is 27.5. The summed E-state index contributed by atoms with van der Waals surface area (Å²) in [5, 5.41) is 17.0. The molecule has 0 aliphatic carbocycles. The van der Waals surface area contributed by atoms with Crippen molar-refractivity contribution >= 4 is 35.7 Å². The minimum absolute atomic E-state index is 0.0848. The Morgan fingerprint density at radius 2 is 1.68 bits per heavy atom. The summed E-state index contributed by atoms with van der Waals surface area (Å²) in [5.41, 5.74) is 6.99. The van der Waals surface area contributed by atoms with Crippen molar-refractivity contribution in [2.75, 3.05) is 13.2 Å². The van der Waals surface area contributed by atoms with E-state index in [0.717, 1.165) is 4.90 Å². The molecule has 0 heterocycles. The Balaban J connectivity index is 2.16. The molecule has 2 rings (SSSR count). The van der Waals surface area contributed by atoms with Gasteiger partial charge in [0.2, 0.25) is 0 Å². The zero-order valence-electron chi connectivity index (χ0n) is 20.6. The maximum absolute atomic E-state index is 13.1. The number of esters is 2. The molecule has 37 heavy (non-hydrogen) atoms. The number of rotatable bonds is 12. The van der Waals surface area contributed by atoms with Crippen molar-refractivity contribution in [1.29, 1.82) is 5.41 Å². The van der Waals surface area contributed by atoms with Crippen LogP contribution in [0.1, 0.15) is 41.8 Å². The van der Waals surface area contributed by atoms with E-state index < -0.39 is 36.3 Å². The van der Waals surface area contributed by atoms with Gasteiger partial charge >= 0.3 is 17.9 Å². The van der Waals surface area contributed by atoms with E-state index >= 15 is 0 Å². The van der Waals surface area contributed by atoms with Gasteiger partial charge in [-0.2, -0.15) is 0 Å². The summed E-state index contributed by atoms with van der Waals surface area (Å²) in [6, 6.07) is 11.0. The smallest absolute Gasteiger partial charge is 0.343 e. The number of carboxylic acids is 1. The van der Waals surface area contributed by atoms with Crippen molar-refractivity contribution in [3.63, 3.8) is 0 Å². The molecule has 1 amide bonds. The van der Waals surface area contributed by atoms with Crippen molar-refractivity contribution in [2.24, 2.45) is 5.73 Å². The Bertz CT molecular complexity index is 1200. The molecule has 4 N–H and O–H groups in total. The second-order valence-electron chi connectivity index (χ2n) is 7.89. The highest BCUT2D eigenvalue weighted by Crippen LogP contribution is 2.17. The first-order chi connectivity index (χ1) is 17.6. The van der Waals surface area contributed by atoms with Crippen LogP contribution in [-0.2, 0) is 19.1 Å². The van der Waals surface area contributed by atoms with Crippen LogP contribution in [-0.4, -0.2) is 58.9 Å². The van der Waals surface area contributed by atoms with Gasteiger partial charge < -0.3 is 25.2 Å². The first kappa shape index (κ1) is 28.5. The average Bonchev–Trinajstić information content (AvgIpc) is 2.86. The fourth-order valence-corrected chi connectivity index (χ4v) is 3.32. The third kappa shape index (κ3) is 8.17. The summed E-state index contributed by atoms with van der Waals surface area (Å²) in [6.07, 6.45) is 2.42. The maximum Gasteiger partial charge on any atom is 0.343 e. The van der Waals surface area contributed by atoms with E-state index in [-0.39, 0.29) is 30.1 Å². The van der Waals surface area contributed by atoms with Gasteiger partial charge in [-0.15, -0.1) is 6.58 Å². The number of hydrogen-bond donors (Lipinski definition) is 3. The van der Waals surface area contributed by atoms with Crippen molar-refractivity contribution in [3.8, 4) is 5.75 Å². The Morgan fingerprint density at radius 1 is 1.08 bits per heavy atom. The molecular formula is C27H29N3O7. The second kappa shape index (κ2) is 13.4. The minimum Gasteiger partial charge on any atom is -0.480 e. The predicted octanol–water partition coefficient (Wildman–Crippen LogP) is 3.01. The summed E-state index contributed by atoms with van der Waals surface area (Å²) < 4.78 is 10.2. The van der Waals surface area contributed by atoms with Crippen molar-refractivity contribution < 1.29 is 33.8 Å². The normalized spacial score (nSPS) is 11.7. The van der Waals surface area contributed by atoms with Crippen molar-refractivity contribution in [2.45, 2.75) is 26.3 Å². The van der Waals surface area contributed by atoms with E-state index in [4.69, 9.17) is 20.6 Å². The molecule has 0 aromatic heterocycles. The fraction of sp³-hybridized carbons (Fsp3) is 0.222. The molecule has 0 radical (unpaired) electrons. The highest BCUT2D eigenvalue weighted by Gasteiger charge is 2.32. The molecule has 10 nitrogen and oxygen atoms in total. The molecule has 2 aromatic rings. The van der Waals surface area contributed by atoms with Gasteiger partial charge in [0.25, 0.3) is 5.91 Å². The van der Waals surface area contributed by atoms with E-state index in [1.807, 2.05) is 0 Å². The lowest BCUT2D eigenvalue weighted by molar-refractivity contribution is -0.155. The largest absolute Gasteiger partial charge is 0.480 e. The predicted molar refractivity (Wildman–Crippen MR) is 137 cm³/mol. The molecule has 0 saturated carbocycles. The summed E-state index contributed by atoms with van der Waals surface area (Å²) >= 11 is 0. The molecule has 2 aromatic carbocycles. The molecule has 0 aliphatic rings. The summed E-state index contributed by atoms with van der Waals surface area (Å²) in [7, 11) is 0. The van der Waals surface area contributed by atoms with Gasteiger partial charge in [0, 0.05) is 17.7 Å². The second-order valence-corrected chi connectivity index (χ2v) is 7.89. The zero-order valence-corrected chi connectivity index (χ0v) is 20.6. The van der Waals surface area contributed by atoms with Crippen molar-refractivity contribution in [3.05, 3.63) is 83.4 Å².